The molecule has 0 spiro atoms. The number of thioether (sulfide) groups is 1. The van der Waals surface area contributed by atoms with E-state index in [2.05, 4.69) is 15.2 Å². The van der Waals surface area contributed by atoms with Gasteiger partial charge in [0.05, 0.1) is 0 Å². The molecule has 0 radical (unpaired) electrons. The second-order valence-corrected chi connectivity index (χ2v) is 3.84. The Morgan fingerprint density at radius 1 is 1.75 bits per heavy atom. The van der Waals surface area contributed by atoms with E-state index < -0.39 is 0 Å². The van der Waals surface area contributed by atoms with Crippen molar-refractivity contribution in [3.63, 3.8) is 0 Å². The molecule has 1 heterocycles. The second-order valence-electron chi connectivity index (χ2n) is 2.76. The van der Waals surface area contributed by atoms with Gasteiger partial charge in [-0.1, -0.05) is 11.8 Å². The summed E-state index contributed by atoms with van der Waals surface area (Å²) in [4.78, 5) is 4.00. The molecule has 0 aliphatic heterocycles. The SMILES string of the molecule is CC(N)CCCSc1ncn[nH]1. The van der Waals surface area contributed by atoms with Gasteiger partial charge < -0.3 is 5.73 Å². The molecular formula is C7H14N4S. The Balaban J connectivity index is 2.04. The Bertz CT molecular complexity index is 197. The normalized spacial score (nSPS) is 13.2. The maximum absolute atomic E-state index is 5.61. The lowest BCUT2D eigenvalue weighted by Gasteiger charge is -2.02. The van der Waals surface area contributed by atoms with Crippen LogP contribution >= 0.6 is 11.8 Å². The number of hydrogen-bond acceptors (Lipinski definition) is 4. The van der Waals surface area contributed by atoms with Crippen molar-refractivity contribution in [2.45, 2.75) is 31.0 Å². The van der Waals surface area contributed by atoms with Gasteiger partial charge in [0.1, 0.15) is 6.33 Å². The molecule has 0 saturated heterocycles. The smallest absolute Gasteiger partial charge is 0.183 e. The average Bonchev–Trinajstić information content (AvgIpc) is 2.49. The minimum Gasteiger partial charge on any atom is -0.328 e. The molecule has 0 aromatic carbocycles. The van der Waals surface area contributed by atoms with E-state index >= 15 is 0 Å². The van der Waals surface area contributed by atoms with Crippen LogP contribution < -0.4 is 5.73 Å². The lowest BCUT2D eigenvalue weighted by molar-refractivity contribution is 0.656. The van der Waals surface area contributed by atoms with E-state index in [1.54, 1.807) is 11.8 Å². The zero-order chi connectivity index (χ0) is 8.81. The second kappa shape index (κ2) is 5.16. The number of nitrogens with two attached hydrogens (primary N) is 1. The Kier molecular flexibility index (Phi) is 4.10. The zero-order valence-corrected chi connectivity index (χ0v) is 7.97. The summed E-state index contributed by atoms with van der Waals surface area (Å²) in [7, 11) is 0. The van der Waals surface area contributed by atoms with Gasteiger partial charge in [-0.3, -0.25) is 5.10 Å². The summed E-state index contributed by atoms with van der Waals surface area (Å²) in [6.07, 6.45) is 3.72. The third-order valence-electron chi connectivity index (χ3n) is 1.44. The number of aromatic nitrogens is 3. The number of hydrogen-bond donors (Lipinski definition) is 2. The predicted molar refractivity (Wildman–Crippen MR) is 50.0 cm³/mol. The summed E-state index contributed by atoms with van der Waals surface area (Å²) in [5, 5.41) is 7.44. The molecule has 0 aliphatic carbocycles. The van der Waals surface area contributed by atoms with Gasteiger partial charge in [-0.05, 0) is 19.8 Å². The van der Waals surface area contributed by atoms with Crippen molar-refractivity contribution < 1.29 is 0 Å². The van der Waals surface area contributed by atoms with Crippen LogP contribution in [0.4, 0.5) is 0 Å². The molecule has 0 saturated carbocycles. The largest absolute Gasteiger partial charge is 0.328 e. The van der Waals surface area contributed by atoms with E-state index in [9.17, 15) is 0 Å². The third-order valence-corrected chi connectivity index (χ3v) is 2.40. The monoisotopic (exact) mass is 186 g/mol. The number of rotatable bonds is 5. The molecule has 5 heteroatoms. The van der Waals surface area contributed by atoms with E-state index in [0.29, 0.717) is 6.04 Å². The maximum atomic E-state index is 5.61. The Morgan fingerprint density at radius 2 is 2.58 bits per heavy atom. The third kappa shape index (κ3) is 3.73. The highest BCUT2D eigenvalue weighted by Crippen LogP contribution is 2.12. The van der Waals surface area contributed by atoms with Crippen molar-refractivity contribution in [1.82, 2.24) is 15.2 Å². The summed E-state index contributed by atoms with van der Waals surface area (Å²) in [5.74, 6) is 1.05. The van der Waals surface area contributed by atoms with Crippen LogP contribution in [0, 0.1) is 0 Å². The fourth-order valence-electron chi connectivity index (χ4n) is 0.838. The summed E-state index contributed by atoms with van der Waals surface area (Å²) >= 11 is 1.68. The van der Waals surface area contributed by atoms with Crippen molar-refractivity contribution in [1.29, 1.82) is 0 Å². The van der Waals surface area contributed by atoms with Crippen molar-refractivity contribution in [3.05, 3.63) is 6.33 Å². The molecule has 68 valence electrons. The topological polar surface area (TPSA) is 67.6 Å². The summed E-state index contributed by atoms with van der Waals surface area (Å²) in [6.45, 7) is 2.03. The summed E-state index contributed by atoms with van der Waals surface area (Å²) < 4.78 is 0. The molecule has 1 rings (SSSR count). The van der Waals surface area contributed by atoms with Crippen LogP contribution in [-0.4, -0.2) is 27.0 Å². The highest BCUT2D eigenvalue weighted by Gasteiger charge is 1.97. The Hall–Kier alpha value is -0.550. The van der Waals surface area contributed by atoms with Gasteiger partial charge >= 0.3 is 0 Å². The van der Waals surface area contributed by atoms with Crippen LogP contribution in [0.2, 0.25) is 0 Å². The van der Waals surface area contributed by atoms with Gasteiger partial charge in [0.25, 0.3) is 0 Å². The summed E-state index contributed by atoms with van der Waals surface area (Å²) in [5.41, 5.74) is 5.61. The molecule has 3 N–H and O–H groups in total. The molecule has 0 bridgehead atoms. The summed E-state index contributed by atoms with van der Waals surface area (Å²) in [6, 6.07) is 0.306. The van der Waals surface area contributed by atoms with E-state index in [0.717, 1.165) is 23.8 Å². The minimum atomic E-state index is 0.306. The molecule has 0 aliphatic rings. The van der Waals surface area contributed by atoms with Crippen molar-refractivity contribution in [2.75, 3.05) is 5.75 Å². The van der Waals surface area contributed by atoms with E-state index in [-0.39, 0.29) is 0 Å². The predicted octanol–water partition coefficient (Wildman–Crippen LogP) is 1.02. The number of H-pyrrole nitrogens is 1. The molecule has 1 aromatic rings. The zero-order valence-electron chi connectivity index (χ0n) is 7.16. The number of aromatic amines is 1. The first-order valence-electron chi connectivity index (χ1n) is 4.03. The first kappa shape index (κ1) is 9.54. The molecule has 1 unspecified atom stereocenters. The van der Waals surface area contributed by atoms with Gasteiger partial charge in [0.2, 0.25) is 0 Å². The van der Waals surface area contributed by atoms with Gasteiger partial charge in [0.15, 0.2) is 5.16 Å². The fraction of sp³-hybridized carbons (Fsp3) is 0.714. The quantitative estimate of drug-likeness (QED) is 0.532. The molecule has 1 atom stereocenters. The van der Waals surface area contributed by atoms with Crippen molar-refractivity contribution >= 4 is 11.8 Å². The van der Waals surface area contributed by atoms with Gasteiger partial charge in [-0.2, -0.15) is 5.10 Å². The molecule has 0 fully saturated rings. The van der Waals surface area contributed by atoms with E-state index in [1.165, 1.54) is 6.33 Å². The van der Waals surface area contributed by atoms with Crippen molar-refractivity contribution in [2.24, 2.45) is 5.73 Å². The first-order chi connectivity index (χ1) is 5.79. The highest BCUT2D eigenvalue weighted by molar-refractivity contribution is 7.99. The van der Waals surface area contributed by atoms with Gasteiger partial charge in [-0.25, -0.2) is 4.98 Å². The average molecular weight is 186 g/mol. The first-order valence-corrected chi connectivity index (χ1v) is 5.01. The van der Waals surface area contributed by atoms with Crippen LogP contribution in [-0.2, 0) is 0 Å². The van der Waals surface area contributed by atoms with E-state index in [1.807, 2.05) is 6.92 Å². The standard InChI is InChI=1S/C7H14N4S/c1-6(8)3-2-4-12-7-9-5-10-11-7/h5-6H,2-4,8H2,1H3,(H,9,10,11). The maximum Gasteiger partial charge on any atom is 0.183 e. The number of nitrogens with one attached hydrogen (secondary N) is 1. The molecule has 1 aromatic heterocycles. The molecule has 12 heavy (non-hydrogen) atoms. The molecule has 0 amide bonds. The fourth-order valence-corrected chi connectivity index (χ4v) is 1.58. The minimum absolute atomic E-state index is 0.306. The van der Waals surface area contributed by atoms with Gasteiger partial charge in [0, 0.05) is 11.8 Å². The Labute approximate surface area is 76.3 Å². The lowest BCUT2D eigenvalue weighted by Crippen LogP contribution is -2.14. The van der Waals surface area contributed by atoms with E-state index in [4.69, 9.17) is 5.73 Å². The van der Waals surface area contributed by atoms with Gasteiger partial charge in [-0.15, -0.1) is 0 Å². The lowest BCUT2D eigenvalue weighted by atomic mass is 10.2. The van der Waals surface area contributed by atoms with Crippen LogP contribution in [0.15, 0.2) is 11.5 Å². The van der Waals surface area contributed by atoms with Crippen LogP contribution in [0.3, 0.4) is 0 Å². The Morgan fingerprint density at radius 3 is 3.17 bits per heavy atom. The molecule has 4 nitrogen and oxygen atoms in total. The van der Waals surface area contributed by atoms with Crippen molar-refractivity contribution in [3.8, 4) is 0 Å². The van der Waals surface area contributed by atoms with Crippen LogP contribution in [0.1, 0.15) is 19.8 Å². The van der Waals surface area contributed by atoms with Crippen LogP contribution in [0.25, 0.3) is 0 Å². The van der Waals surface area contributed by atoms with Crippen LogP contribution in [0.5, 0.6) is 0 Å². The highest BCUT2D eigenvalue weighted by atomic mass is 32.2. The molecular weight excluding hydrogens is 172 g/mol. The number of nitrogens with zero attached hydrogens (tertiary/aromatic N) is 2.